The highest BCUT2D eigenvalue weighted by Gasteiger charge is 2.10. The molecule has 1 N–H and O–H groups in total. The van der Waals surface area contributed by atoms with Crippen molar-refractivity contribution in [2.24, 2.45) is 5.10 Å². The molecule has 0 bridgehead atoms. The standard InChI is InChI=1S/C29H29N3O2/c1-4-23-10-14-27(15-11-23)32-21(2)18-26(22(32)3)19-30-31-29(33)20-34-28-16-12-25(13-17-28)24-8-6-5-7-9-24/h5-19H,4,20H2,1-3H3,(H,31,33)/b30-19+. The van der Waals surface area contributed by atoms with Gasteiger partial charge in [0, 0.05) is 22.6 Å². The minimum absolute atomic E-state index is 0.106. The molecule has 1 heterocycles. The maximum atomic E-state index is 12.2. The van der Waals surface area contributed by atoms with Gasteiger partial charge in [0.25, 0.3) is 5.91 Å². The smallest absolute Gasteiger partial charge is 0.277 e. The highest BCUT2D eigenvalue weighted by Crippen LogP contribution is 2.22. The molecular formula is C29H29N3O2. The topological polar surface area (TPSA) is 55.6 Å². The summed E-state index contributed by atoms with van der Waals surface area (Å²) in [6, 6.07) is 28.4. The number of hydrazone groups is 1. The molecule has 0 saturated heterocycles. The van der Waals surface area contributed by atoms with Crippen molar-refractivity contribution in [2.75, 3.05) is 6.61 Å². The van der Waals surface area contributed by atoms with Gasteiger partial charge in [-0.1, -0.05) is 61.5 Å². The van der Waals surface area contributed by atoms with Crippen LogP contribution in [0, 0.1) is 13.8 Å². The van der Waals surface area contributed by atoms with Crippen LogP contribution in [0.1, 0.15) is 29.4 Å². The quantitative estimate of drug-likeness (QED) is 0.270. The molecule has 0 atom stereocenters. The van der Waals surface area contributed by atoms with Crippen molar-refractivity contribution in [3.63, 3.8) is 0 Å². The van der Waals surface area contributed by atoms with Gasteiger partial charge in [0.2, 0.25) is 0 Å². The number of benzene rings is 3. The lowest BCUT2D eigenvalue weighted by Crippen LogP contribution is -2.24. The summed E-state index contributed by atoms with van der Waals surface area (Å²) in [5.74, 6) is 0.323. The summed E-state index contributed by atoms with van der Waals surface area (Å²) in [6.07, 6.45) is 2.69. The molecule has 0 aliphatic heterocycles. The predicted molar refractivity (Wildman–Crippen MR) is 138 cm³/mol. The SMILES string of the molecule is CCc1ccc(-n2c(C)cc(/C=N/NC(=O)COc3ccc(-c4ccccc4)cc3)c2C)cc1. The summed E-state index contributed by atoms with van der Waals surface area (Å²) >= 11 is 0. The highest BCUT2D eigenvalue weighted by molar-refractivity contribution is 5.84. The summed E-state index contributed by atoms with van der Waals surface area (Å²) in [7, 11) is 0. The van der Waals surface area contributed by atoms with Crippen LogP contribution in [0.2, 0.25) is 0 Å². The molecule has 0 aliphatic rings. The van der Waals surface area contributed by atoms with Crippen molar-refractivity contribution in [3.05, 3.63) is 107 Å². The van der Waals surface area contributed by atoms with E-state index in [1.165, 1.54) is 5.56 Å². The van der Waals surface area contributed by atoms with Gasteiger partial charge in [-0.3, -0.25) is 4.79 Å². The second-order valence-corrected chi connectivity index (χ2v) is 8.15. The second-order valence-electron chi connectivity index (χ2n) is 8.15. The van der Waals surface area contributed by atoms with Crippen LogP contribution >= 0.6 is 0 Å². The number of carbonyl (C=O) groups is 1. The van der Waals surface area contributed by atoms with Gasteiger partial charge >= 0.3 is 0 Å². The van der Waals surface area contributed by atoms with Gasteiger partial charge in [0.1, 0.15) is 5.75 Å². The molecule has 0 radical (unpaired) electrons. The Morgan fingerprint density at radius 2 is 1.62 bits per heavy atom. The van der Waals surface area contributed by atoms with Crippen LogP contribution in [-0.2, 0) is 11.2 Å². The number of amides is 1. The molecule has 172 valence electrons. The zero-order valence-corrected chi connectivity index (χ0v) is 19.8. The molecule has 0 saturated carbocycles. The summed E-state index contributed by atoms with van der Waals surface area (Å²) in [6.45, 7) is 6.15. The van der Waals surface area contributed by atoms with E-state index >= 15 is 0 Å². The Morgan fingerprint density at radius 1 is 0.941 bits per heavy atom. The van der Waals surface area contributed by atoms with Gasteiger partial charge in [0.05, 0.1) is 6.21 Å². The Labute approximate surface area is 200 Å². The van der Waals surface area contributed by atoms with E-state index in [2.05, 4.69) is 71.4 Å². The van der Waals surface area contributed by atoms with E-state index in [9.17, 15) is 4.79 Å². The highest BCUT2D eigenvalue weighted by atomic mass is 16.5. The monoisotopic (exact) mass is 451 g/mol. The molecule has 0 fully saturated rings. The molecule has 5 nitrogen and oxygen atoms in total. The van der Waals surface area contributed by atoms with Gasteiger partial charge in [-0.15, -0.1) is 0 Å². The molecule has 4 rings (SSSR count). The van der Waals surface area contributed by atoms with E-state index in [4.69, 9.17) is 4.74 Å². The molecule has 34 heavy (non-hydrogen) atoms. The third-order valence-electron chi connectivity index (χ3n) is 5.80. The van der Waals surface area contributed by atoms with Gasteiger partial charge in [0.15, 0.2) is 6.61 Å². The number of carbonyl (C=O) groups excluding carboxylic acids is 1. The maximum Gasteiger partial charge on any atom is 0.277 e. The zero-order chi connectivity index (χ0) is 23.9. The van der Waals surface area contributed by atoms with E-state index in [1.807, 2.05) is 49.4 Å². The summed E-state index contributed by atoms with van der Waals surface area (Å²) in [5.41, 5.74) is 10.3. The van der Waals surface area contributed by atoms with Crippen LogP contribution in [0.15, 0.2) is 90.0 Å². The van der Waals surface area contributed by atoms with Crippen molar-refractivity contribution in [3.8, 4) is 22.6 Å². The van der Waals surface area contributed by atoms with Gasteiger partial charge < -0.3 is 9.30 Å². The van der Waals surface area contributed by atoms with E-state index in [1.54, 1.807) is 6.21 Å². The number of nitrogens with one attached hydrogen (secondary N) is 1. The summed E-state index contributed by atoms with van der Waals surface area (Å²) < 4.78 is 7.78. The largest absolute Gasteiger partial charge is 0.484 e. The molecule has 0 spiro atoms. The third-order valence-corrected chi connectivity index (χ3v) is 5.80. The lowest BCUT2D eigenvalue weighted by Gasteiger charge is -2.10. The lowest BCUT2D eigenvalue weighted by atomic mass is 10.1. The Balaban J connectivity index is 1.32. The van der Waals surface area contributed by atoms with E-state index in [0.717, 1.165) is 40.2 Å². The minimum Gasteiger partial charge on any atom is -0.484 e. The Hall–Kier alpha value is -4.12. The van der Waals surface area contributed by atoms with Crippen LogP contribution in [0.25, 0.3) is 16.8 Å². The fourth-order valence-corrected chi connectivity index (χ4v) is 3.93. The van der Waals surface area contributed by atoms with Crippen molar-refractivity contribution >= 4 is 12.1 Å². The minimum atomic E-state index is -0.313. The number of aromatic nitrogens is 1. The first-order chi connectivity index (χ1) is 16.5. The molecule has 5 heteroatoms. The van der Waals surface area contributed by atoms with E-state index in [-0.39, 0.29) is 12.5 Å². The number of hydrogen-bond acceptors (Lipinski definition) is 3. The van der Waals surface area contributed by atoms with Crippen LogP contribution in [0.3, 0.4) is 0 Å². The molecule has 4 aromatic rings. The van der Waals surface area contributed by atoms with Crippen molar-refractivity contribution in [1.82, 2.24) is 9.99 Å². The number of nitrogens with zero attached hydrogens (tertiary/aromatic N) is 2. The van der Waals surface area contributed by atoms with E-state index < -0.39 is 0 Å². The normalized spacial score (nSPS) is 11.0. The average Bonchev–Trinajstić information content (AvgIpc) is 3.16. The van der Waals surface area contributed by atoms with Gasteiger partial charge in [-0.05, 0) is 67.3 Å². The maximum absolute atomic E-state index is 12.2. The third kappa shape index (κ3) is 5.44. The molecule has 1 aromatic heterocycles. The number of ether oxygens (including phenoxy) is 1. The van der Waals surface area contributed by atoms with Crippen LogP contribution in [-0.4, -0.2) is 23.3 Å². The Kier molecular flexibility index (Phi) is 7.23. The first-order valence-electron chi connectivity index (χ1n) is 11.4. The van der Waals surface area contributed by atoms with Crippen molar-refractivity contribution in [1.29, 1.82) is 0 Å². The second kappa shape index (κ2) is 10.7. The average molecular weight is 452 g/mol. The predicted octanol–water partition coefficient (Wildman–Crippen LogP) is 5.85. The zero-order valence-electron chi connectivity index (χ0n) is 19.8. The molecule has 0 unspecified atom stereocenters. The first-order valence-corrected chi connectivity index (χ1v) is 11.4. The van der Waals surface area contributed by atoms with Crippen LogP contribution in [0.4, 0.5) is 0 Å². The van der Waals surface area contributed by atoms with Crippen LogP contribution in [0.5, 0.6) is 5.75 Å². The van der Waals surface area contributed by atoms with Crippen LogP contribution < -0.4 is 10.2 Å². The molecular weight excluding hydrogens is 422 g/mol. The number of rotatable bonds is 8. The van der Waals surface area contributed by atoms with Gasteiger partial charge in [-0.25, -0.2) is 5.43 Å². The van der Waals surface area contributed by atoms with Crippen molar-refractivity contribution in [2.45, 2.75) is 27.2 Å². The Morgan fingerprint density at radius 3 is 2.29 bits per heavy atom. The fourth-order valence-electron chi connectivity index (χ4n) is 3.93. The first kappa shape index (κ1) is 23.1. The number of aryl methyl sites for hydroxylation is 2. The Bertz CT molecular complexity index is 1270. The van der Waals surface area contributed by atoms with E-state index in [0.29, 0.717) is 5.75 Å². The van der Waals surface area contributed by atoms with Crippen molar-refractivity contribution < 1.29 is 9.53 Å². The molecule has 3 aromatic carbocycles. The molecule has 1 amide bonds. The fraction of sp³-hybridized carbons (Fsp3) is 0.172. The van der Waals surface area contributed by atoms with Gasteiger partial charge in [-0.2, -0.15) is 5.10 Å². The lowest BCUT2D eigenvalue weighted by molar-refractivity contribution is -0.123. The summed E-state index contributed by atoms with van der Waals surface area (Å²) in [4.78, 5) is 12.2. The summed E-state index contributed by atoms with van der Waals surface area (Å²) in [5, 5.41) is 4.13. The molecule has 0 aliphatic carbocycles. The number of hydrogen-bond donors (Lipinski definition) is 1.